The van der Waals surface area contributed by atoms with E-state index in [1.807, 2.05) is 6.92 Å². The molecule has 0 unspecified atom stereocenters. The standard InChI is InChI=1S/C13H11FN2O2S2/c1-2-11-4-6-13(19-11)20(17,18)16-10-3-5-12(14)9(7-10)8-15/h3-7,16H,2H2,1H3. The SMILES string of the molecule is CCc1ccc(S(=O)(=O)Nc2ccc(F)c(C#N)c2)s1. The van der Waals surface area contributed by atoms with Crippen LogP contribution in [0.1, 0.15) is 17.4 Å². The molecule has 1 heterocycles. The largest absolute Gasteiger partial charge is 0.279 e. The molecule has 1 N–H and O–H groups in total. The Hall–Kier alpha value is -1.91. The van der Waals surface area contributed by atoms with E-state index in [0.717, 1.165) is 17.4 Å². The van der Waals surface area contributed by atoms with Crippen molar-refractivity contribution in [3.05, 3.63) is 46.6 Å². The molecule has 104 valence electrons. The highest BCUT2D eigenvalue weighted by Gasteiger charge is 2.17. The molecule has 1 aromatic heterocycles. The van der Waals surface area contributed by atoms with Crippen molar-refractivity contribution in [2.75, 3.05) is 4.72 Å². The molecule has 0 saturated carbocycles. The fourth-order valence-corrected chi connectivity index (χ4v) is 3.92. The van der Waals surface area contributed by atoms with E-state index in [1.165, 1.54) is 29.5 Å². The van der Waals surface area contributed by atoms with E-state index in [1.54, 1.807) is 12.1 Å². The lowest BCUT2D eigenvalue weighted by molar-refractivity contribution is 0.603. The second-order valence-electron chi connectivity index (χ2n) is 3.99. The zero-order chi connectivity index (χ0) is 14.8. The van der Waals surface area contributed by atoms with Crippen LogP contribution in [0.4, 0.5) is 10.1 Å². The predicted molar refractivity (Wildman–Crippen MR) is 75.6 cm³/mol. The van der Waals surface area contributed by atoms with Gasteiger partial charge >= 0.3 is 0 Å². The number of thiophene rings is 1. The molecule has 0 aliphatic heterocycles. The molecule has 0 bridgehead atoms. The highest BCUT2D eigenvalue weighted by atomic mass is 32.2. The topological polar surface area (TPSA) is 70.0 Å². The van der Waals surface area contributed by atoms with E-state index >= 15 is 0 Å². The lowest BCUT2D eigenvalue weighted by Crippen LogP contribution is -2.11. The van der Waals surface area contributed by atoms with E-state index < -0.39 is 15.8 Å². The average Bonchev–Trinajstić information content (AvgIpc) is 2.90. The van der Waals surface area contributed by atoms with Gasteiger partial charge in [0.05, 0.1) is 11.3 Å². The molecule has 0 fully saturated rings. The number of nitrogens with zero attached hydrogens (tertiary/aromatic N) is 1. The summed E-state index contributed by atoms with van der Waals surface area (Å²) in [6.45, 7) is 1.94. The van der Waals surface area contributed by atoms with E-state index in [-0.39, 0.29) is 15.5 Å². The summed E-state index contributed by atoms with van der Waals surface area (Å²) in [4.78, 5) is 0.960. The first-order valence-electron chi connectivity index (χ1n) is 5.77. The number of hydrogen-bond acceptors (Lipinski definition) is 4. The van der Waals surface area contributed by atoms with E-state index in [0.29, 0.717) is 0 Å². The van der Waals surface area contributed by atoms with Crippen molar-refractivity contribution < 1.29 is 12.8 Å². The van der Waals surface area contributed by atoms with Gasteiger partial charge in [-0.3, -0.25) is 4.72 Å². The van der Waals surface area contributed by atoms with Gasteiger partial charge in [-0.1, -0.05) is 6.92 Å². The molecule has 0 spiro atoms. The third-order valence-corrected chi connectivity index (χ3v) is 5.69. The molecule has 0 aliphatic rings. The summed E-state index contributed by atoms with van der Waals surface area (Å²) in [6, 6.07) is 8.46. The number of halogens is 1. The summed E-state index contributed by atoms with van der Waals surface area (Å²) in [5.74, 6) is -0.681. The van der Waals surface area contributed by atoms with E-state index in [4.69, 9.17) is 5.26 Å². The van der Waals surface area contributed by atoms with Gasteiger partial charge in [-0.25, -0.2) is 12.8 Å². The zero-order valence-electron chi connectivity index (χ0n) is 10.6. The molecule has 1 aromatic carbocycles. The van der Waals surface area contributed by atoms with Crippen LogP contribution < -0.4 is 4.72 Å². The van der Waals surface area contributed by atoms with Gasteiger partial charge < -0.3 is 0 Å². The minimum Gasteiger partial charge on any atom is -0.279 e. The Labute approximate surface area is 120 Å². The molecule has 0 radical (unpaired) electrons. The molecule has 0 aliphatic carbocycles. The number of rotatable bonds is 4. The van der Waals surface area contributed by atoms with Crippen LogP contribution in [-0.2, 0) is 16.4 Å². The number of aryl methyl sites for hydroxylation is 1. The van der Waals surface area contributed by atoms with Gasteiger partial charge in [0.25, 0.3) is 10.0 Å². The lowest BCUT2D eigenvalue weighted by Gasteiger charge is -2.06. The number of anilines is 1. The van der Waals surface area contributed by atoms with Gasteiger partial charge in [-0.2, -0.15) is 5.26 Å². The third kappa shape index (κ3) is 2.98. The number of benzene rings is 1. The number of hydrogen-bond donors (Lipinski definition) is 1. The number of nitrogens with one attached hydrogen (secondary N) is 1. The molecule has 0 amide bonds. The zero-order valence-corrected chi connectivity index (χ0v) is 12.2. The normalized spacial score (nSPS) is 11.1. The van der Waals surface area contributed by atoms with Crippen LogP contribution in [0.25, 0.3) is 0 Å². The van der Waals surface area contributed by atoms with Gasteiger partial charge in [0.2, 0.25) is 0 Å². The van der Waals surface area contributed by atoms with Crippen molar-refractivity contribution in [1.29, 1.82) is 5.26 Å². The molecule has 2 aromatic rings. The van der Waals surface area contributed by atoms with E-state index in [2.05, 4.69) is 4.72 Å². The second-order valence-corrected chi connectivity index (χ2v) is 7.06. The summed E-state index contributed by atoms with van der Waals surface area (Å²) >= 11 is 1.18. The molecular weight excluding hydrogens is 299 g/mol. The van der Waals surface area contributed by atoms with Crippen LogP contribution in [-0.4, -0.2) is 8.42 Å². The monoisotopic (exact) mass is 310 g/mol. The van der Waals surface area contributed by atoms with Crippen molar-refractivity contribution >= 4 is 27.0 Å². The minimum atomic E-state index is -3.70. The molecule has 4 nitrogen and oxygen atoms in total. The van der Waals surface area contributed by atoms with Crippen molar-refractivity contribution in [1.82, 2.24) is 0 Å². The molecule has 20 heavy (non-hydrogen) atoms. The average molecular weight is 310 g/mol. The minimum absolute atomic E-state index is 0.161. The Bertz CT molecular complexity index is 776. The fourth-order valence-electron chi connectivity index (χ4n) is 1.57. The summed E-state index contributed by atoms with van der Waals surface area (Å²) in [5, 5.41) is 8.73. The first kappa shape index (κ1) is 14.5. The molecule has 2 rings (SSSR count). The lowest BCUT2D eigenvalue weighted by atomic mass is 10.2. The van der Waals surface area contributed by atoms with E-state index in [9.17, 15) is 12.8 Å². The van der Waals surface area contributed by atoms with Gasteiger partial charge in [-0.05, 0) is 36.8 Å². The first-order valence-corrected chi connectivity index (χ1v) is 8.07. The van der Waals surface area contributed by atoms with Crippen LogP contribution in [0, 0.1) is 17.1 Å². The van der Waals surface area contributed by atoms with Crippen LogP contribution in [0.15, 0.2) is 34.5 Å². The quantitative estimate of drug-likeness (QED) is 0.943. The maximum absolute atomic E-state index is 13.2. The van der Waals surface area contributed by atoms with Gasteiger partial charge in [0.15, 0.2) is 0 Å². The van der Waals surface area contributed by atoms with Crippen LogP contribution in [0.3, 0.4) is 0 Å². The van der Waals surface area contributed by atoms with Gasteiger partial charge in [0.1, 0.15) is 16.1 Å². The second kappa shape index (κ2) is 5.61. The Kier molecular flexibility index (Phi) is 4.06. The Balaban J connectivity index is 2.31. The van der Waals surface area contributed by atoms with Crippen LogP contribution >= 0.6 is 11.3 Å². The highest BCUT2D eigenvalue weighted by Crippen LogP contribution is 2.25. The molecule has 7 heteroatoms. The van der Waals surface area contributed by atoms with Crippen molar-refractivity contribution in [2.45, 2.75) is 17.6 Å². The smallest absolute Gasteiger partial charge is 0.271 e. The van der Waals surface area contributed by atoms with Crippen LogP contribution in [0.5, 0.6) is 0 Å². The third-order valence-electron chi connectivity index (χ3n) is 2.59. The van der Waals surface area contributed by atoms with Crippen molar-refractivity contribution in [2.24, 2.45) is 0 Å². The van der Waals surface area contributed by atoms with Crippen molar-refractivity contribution in [3.8, 4) is 6.07 Å². The summed E-state index contributed by atoms with van der Waals surface area (Å²) in [7, 11) is -3.70. The fraction of sp³-hybridized carbons (Fsp3) is 0.154. The summed E-state index contributed by atoms with van der Waals surface area (Å²) < 4.78 is 40.0. The highest BCUT2D eigenvalue weighted by molar-refractivity contribution is 7.94. The Morgan fingerprint density at radius 1 is 1.35 bits per heavy atom. The number of nitriles is 1. The number of sulfonamides is 1. The summed E-state index contributed by atoms with van der Waals surface area (Å²) in [5.41, 5.74) is -0.0416. The van der Waals surface area contributed by atoms with Gasteiger partial charge in [0, 0.05) is 4.88 Å². The maximum atomic E-state index is 13.2. The molecule has 0 saturated heterocycles. The molecule has 0 atom stereocenters. The first-order chi connectivity index (χ1) is 9.46. The Morgan fingerprint density at radius 2 is 2.10 bits per heavy atom. The van der Waals surface area contributed by atoms with Gasteiger partial charge in [-0.15, -0.1) is 11.3 Å². The maximum Gasteiger partial charge on any atom is 0.271 e. The summed E-state index contributed by atoms with van der Waals surface area (Å²) in [6.07, 6.45) is 0.759. The van der Waals surface area contributed by atoms with Crippen LogP contribution in [0.2, 0.25) is 0 Å². The Morgan fingerprint density at radius 3 is 2.70 bits per heavy atom. The van der Waals surface area contributed by atoms with Crippen molar-refractivity contribution in [3.63, 3.8) is 0 Å². The predicted octanol–water partition coefficient (Wildman–Crippen LogP) is 3.12. The molecular formula is C13H11FN2O2S2.